The monoisotopic (exact) mass is 275 g/mol. The van der Waals surface area contributed by atoms with Crippen LogP contribution in [0.1, 0.15) is 18.9 Å². The summed E-state index contributed by atoms with van der Waals surface area (Å²) in [5.74, 6) is -0.701. The van der Waals surface area contributed by atoms with Crippen molar-refractivity contribution in [3.8, 4) is 11.5 Å². The normalized spacial score (nSPS) is 12.1. The summed E-state index contributed by atoms with van der Waals surface area (Å²) in [6.45, 7) is 2.02. The lowest BCUT2D eigenvalue weighted by Crippen LogP contribution is -2.16. The lowest BCUT2D eigenvalue weighted by atomic mass is 10.1. The van der Waals surface area contributed by atoms with Gasteiger partial charge in [-0.2, -0.15) is 0 Å². The predicted octanol–water partition coefficient (Wildman–Crippen LogP) is 3.67. The van der Waals surface area contributed by atoms with E-state index in [-0.39, 0.29) is 17.5 Å². The van der Waals surface area contributed by atoms with Gasteiger partial charge in [0.25, 0.3) is 0 Å². The number of phenolic OH excluding ortho intramolecular Hbond substituents is 2. The van der Waals surface area contributed by atoms with Crippen molar-refractivity contribution in [2.45, 2.75) is 25.8 Å². The number of anilines is 1. The van der Waals surface area contributed by atoms with E-state index >= 15 is 0 Å². The van der Waals surface area contributed by atoms with Gasteiger partial charge in [-0.15, -0.1) is 0 Å². The fraction of sp³-hybridized carbons (Fsp3) is 0.250. The summed E-state index contributed by atoms with van der Waals surface area (Å²) in [7, 11) is 0. The van der Waals surface area contributed by atoms with Crippen LogP contribution in [0.25, 0.3) is 0 Å². The molecule has 0 aliphatic heterocycles. The van der Waals surface area contributed by atoms with Crippen LogP contribution in [0.5, 0.6) is 11.5 Å². The molecule has 0 saturated carbocycles. The van der Waals surface area contributed by atoms with Crippen molar-refractivity contribution >= 4 is 5.69 Å². The summed E-state index contributed by atoms with van der Waals surface area (Å²) >= 11 is 0. The smallest absolute Gasteiger partial charge is 0.166 e. The van der Waals surface area contributed by atoms with Gasteiger partial charge in [-0.05, 0) is 49.6 Å². The first-order chi connectivity index (χ1) is 9.54. The van der Waals surface area contributed by atoms with Crippen molar-refractivity contribution in [2.75, 3.05) is 5.32 Å². The first-order valence-electron chi connectivity index (χ1n) is 6.57. The van der Waals surface area contributed by atoms with Crippen molar-refractivity contribution < 1.29 is 14.6 Å². The van der Waals surface area contributed by atoms with Gasteiger partial charge >= 0.3 is 0 Å². The third-order valence-electron chi connectivity index (χ3n) is 3.16. The molecule has 2 rings (SSSR count). The van der Waals surface area contributed by atoms with Gasteiger partial charge < -0.3 is 15.5 Å². The number of benzene rings is 2. The van der Waals surface area contributed by atoms with Crippen LogP contribution >= 0.6 is 0 Å². The molecule has 0 fully saturated rings. The molecule has 0 heterocycles. The second kappa shape index (κ2) is 6.28. The van der Waals surface area contributed by atoms with Crippen molar-refractivity contribution in [3.05, 3.63) is 53.8 Å². The van der Waals surface area contributed by atoms with Crippen LogP contribution in [0, 0.1) is 5.82 Å². The van der Waals surface area contributed by atoms with Gasteiger partial charge in [0.05, 0.1) is 0 Å². The van der Waals surface area contributed by atoms with E-state index < -0.39 is 5.82 Å². The topological polar surface area (TPSA) is 52.5 Å². The zero-order valence-electron chi connectivity index (χ0n) is 11.3. The Balaban J connectivity index is 1.87. The Morgan fingerprint density at radius 1 is 1.10 bits per heavy atom. The average molecular weight is 275 g/mol. The molecule has 0 saturated heterocycles. The Labute approximate surface area is 117 Å². The SMILES string of the molecule is CC(CCc1ccc(O)cc1)Nc1ccc(O)c(F)c1. The van der Waals surface area contributed by atoms with Gasteiger partial charge in [0.15, 0.2) is 11.6 Å². The maximum atomic E-state index is 13.2. The summed E-state index contributed by atoms with van der Waals surface area (Å²) in [5, 5.41) is 21.5. The van der Waals surface area contributed by atoms with Crippen LogP contribution in [0.15, 0.2) is 42.5 Å². The molecular weight excluding hydrogens is 257 g/mol. The fourth-order valence-corrected chi connectivity index (χ4v) is 2.00. The number of nitrogens with one attached hydrogen (secondary N) is 1. The van der Waals surface area contributed by atoms with Crippen LogP contribution in [-0.4, -0.2) is 16.3 Å². The second-order valence-electron chi connectivity index (χ2n) is 4.92. The molecule has 0 spiro atoms. The van der Waals surface area contributed by atoms with Crippen LogP contribution in [0.3, 0.4) is 0 Å². The summed E-state index contributed by atoms with van der Waals surface area (Å²) in [6.07, 6.45) is 1.75. The highest BCUT2D eigenvalue weighted by Crippen LogP contribution is 2.20. The van der Waals surface area contributed by atoms with E-state index in [1.165, 1.54) is 12.1 Å². The molecule has 2 aromatic rings. The quantitative estimate of drug-likeness (QED) is 0.730. The molecule has 0 aliphatic rings. The van der Waals surface area contributed by atoms with E-state index in [1.807, 2.05) is 19.1 Å². The van der Waals surface area contributed by atoms with E-state index in [0.29, 0.717) is 5.69 Å². The maximum Gasteiger partial charge on any atom is 0.166 e. The fourth-order valence-electron chi connectivity index (χ4n) is 2.00. The molecule has 2 aromatic carbocycles. The molecular formula is C16H18FNO2. The number of halogens is 1. The summed E-state index contributed by atoms with van der Waals surface area (Å²) in [6, 6.07) is 11.6. The third-order valence-corrected chi connectivity index (χ3v) is 3.16. The van der Waals surface area contributed by atoms with Crippen LogP contribution in [-0.2, 0) is 6.42 Å². The Hall–Kier alpha value is -2.23. The largest absolute Gasteiger partial charge is 0.508 e. The maximum absolute atomic E-state index is 13.2. The van der Waals surface area contributed by atoms with Crippen molar-refractivity contribution in [1.29, 1.82) is 0 Å². The highest BCUT2D eigenvalue weighted by Gasteiger charge is 2.06. The van der Waals surface area contributed by atoms with Crippen molar-refractivity contribution in [2.24, 2.45) is 0 Å². The number of phenols is 2. The van der Waals surface area contributed by atoms with Crippen LogP contribution in [0.4, 0.5) is 10.1 Å². The lowest BCUT2D eigenvalue weighted by Gasteiger charge is -2.15. The van der Waals surface area contributed by atoms with Gasteiger partial charge in [0, 0.05) is 17.8 Å². The zero-order chi connectivity index (χ0) is 14.5. The van der Waals surface area contributed by atoms with Crippen LogP contribution in [0.2, 0.25) is 0 Å². The Morgan fingerprint density at radius 3 is 2.45 bits per heavy atom. The molecule has 3 N–H and O–H groups in total. The second-order valence-corrected chi connectivity index (χ2v) is 4.92. The number of aromatic hydroxyl groups is 2. The molecule has 0 bridgehead atoms. The number of aryl methyl sites for hydroxylation is 1. The zero-order valence-corrected chi connectivity index (χ0v) is 11.3. The predicted molar refractivity (Wildman–Crippen MR) is 77.6 cm³/mol. The van der Waals surface area contributed by atoms with Crippen LogP contribution < -0.4 is 5.32 Å². The Bertz CT molecular complexity index is 569. The summed E-state index contributed by atoms with van der Waals surface area (Å²) in [5.41, 5.74) is 1.80. The van der Waals surface area contributed by atoms with E-state index in [2.05, 4.69) is 5.32 Å². The first kappa shape index (κ1) is 14.2. The number of hydrogen-bond acceptors (Lipinski definition) is 3. The average Bonchev–Trinajstić information content (AvgIpc) is 2.42. The lowest BCUT2D eigenvalue weighted by molar-refractivity contribution is 0.432. The molecule has 20 heavy (non-hydrogen) atoms. The standard InChI is InChI=1S/C16H18FNO2/c1-11(2-3-12-4-7-14(19)8-5-12)18-13-6-9-16(20)15(17)10-13/h4-11,18-20H,2-3H2,1H3. The van der Waals surface area contributed by atoms with Gasteiger partial charge in [-0.3, -0.25) is 0 Å². The molecule has 0 radical (unpaired) electrons. The van der Waals surface area contributed by atoms with E-state index in [4.69, 9.17) is 5.11 Å². The van der Waals surface area contributed by atoms with Crippen molar-refractivity contribution in [1.82, 2.24) is 0 Å². The van der Waals surface area contributed by atoms with E-state index in [0.717, 1.165) is 18.4 Å². The molecule has 3 nitrogen and oxygen atoms in total. The van der Waals surface area contributed by atoms with Gasteiger partial charge in [0.1, 0.15) is 5.75 Å². The van der Waals surface area contributed by atoms with E-state index in [9.17, 15) is 9.50 Å². The molecule has 4 heteroatoms. The molecule has 1 atom stereocenters. The number of rotatable bonds is 5. The summed E-state index contributed by atoms with van der Waals surface area (Å²) in [4.78, 5) is 0. The minimum absolute atomic E-state index is 0.174. The highest BCUT2D eigenvalue weighted by atomic mass is 19.1. The van der Waals surface area contributed by atoms with Gasteiger partial charge in [-0.25, -0.2) is 4.39 Å². The van der Waals surface area contributed by atoms with E-state index in [1.54, 1.807) is 18.2 Å². The molecule has 0 aliphatic carbocycles. The van der Waals surface area contributed by atoms with Gasteiger partial charge in [-0.1, -0.05) is 12.1 Å². The third kappa shape index (κ3) is 3.88. The number of hydrogen-bond donors (Lipinski definition) is 3. The molecule has 0 aromatic heterocycles. The minimum atomic E-state index is -0.624. The van der Waals surface area contributed by atoms with Gasteiger partial charge in [0.2, 0.25) is 0 Å². The summed E-state index contributed by atoms with van der Waals surface area (Å²) < 4.78 is 13.2. The Morgan fingerprint density at radius 2 is 1.80 bits per heavy atom. The van der Waals surface area contributed by atoms with Crippen molar-refractivity contribution in [3.63, 3.8) is 0 Å². The highest BCUT2D eigenvalue weighted by molar-refractivity contribution is 5.47. The molecule has 0 amide bonds. The minimum Gasteiger partial charge on any atom is -0.508 e. The first-order valence-corrected chi connectivity index (χ1v) is 6.57. The molecule has 1 unspecified atom stereocenters. The molecule has 106 valence electrons. The Kier molecular flexibility index (Phi) is 4.45.